The van der Waals surface area contributed by atoms with E-state index in [0.29, 0.717) is 12.2 Å². The molecular weight excluding hydrogens is 352 g/mol. The van der Waals surface area contributed by atoms with Crippen LogP contribution < -0.4 is 5.32 Å². The van der Waals surface area contributed by atoms with E-state index in [1.807, 2.05) is 36.4 Å². The van der Waals surface area contributed by atoms with Crippen molar-refractivity contribution in [3.63, 3.8) is 0 Å². The predicted octanol–water partition coefficient (Wildman–Crippen LogP) is 3.64. The Morgan fingerprint density at radius 1 is 0.929 bits per heavy atom. The second kappa shape index (κ2) is 8.27. The van der Waals surface area contributed by atoms with Gasteiger partial charge in [0.25, 0.3) is 0 Å². The van der Waals surface area contributed by atoms with Gasteiger partial charge in [0.15, 0.2) is 5.82 Å². The van der Waals surface area contributed by atoms with Gasteiger partial charge in [0.2, 0.25) is 5.91 Å². The predicted molar refractivity (Wildman–Crippen MR) is 105 cm³/mol. The van der Waals surface area contributed by atoms with E-state index >= 15 is 0 Å². The van der Waals surface area contributed by atoms with Crippen molar-refractivity contribution in [3.05, 3.63) is 78.2 Å². The Bertz CT molecular complexity index is 916. The molecular formula is C22H22N4O2. The third-order valence-corrected chi connectivity index (χ3v) is 4.84. The second-order valence-corrected chi connectivity index (χ2v) is 6.95. The van der Waals surface area contributed by atoms with Gasteiger partial charge in [-0.25, -0.2) is 9.97 Å². The van der Waals surface area contributed by atoms with E-state index in [-0.39, 0.29) is 24.2 Å². The zero-order chi connectivity index (χ0) is 19.3. The SMILES string of the molecule is CC(=O)N[C@H]1C[C@@H](c2cnc(-c3ccccn3)nc2)O[C@@H](c2ccccc2)C1. The first-order valence-corrected chi connectivity index (χ1v) is 9.40. The van der Waals surface area contributed by atoms with Crippen molar-refractivity contribution in [2.45, 2.75) is 38.0 Å². The number of rotatable bonds is 4. The van der Waals surface area contributed by atoms with E-state index in [0.717, 1.165) is 23.2 Å². The molecule has 142 valence electrons. The van der Waals surface area contributed by atoms with Gasteiger partial charge in [0.05, 0.1) is 12.2 Å². The molecule has 0 radical (unpaired) electrons. The fraction of sp³-hybridized carbons (Fsp3) is 0.273. The van der Waals surface area contributed by atoms with Crippen LogP contribution in [-0.4, -0.2) is 26.9 Å². The highest BCUT2D eigenvalue weighted by atomic mass is 16.5. The number of pyridine rings is 1. The summed E-state index contributed by atoms with van der Waals surface area (Å²) >= 11 is 0. The molecule has 6 nitrogen and oxygen atoms in total. The number of hydrogen-bond acceptors (Lipinski definition) is 5. The number of carbonyl (C=O) groups excluding carboxylic acids is 1. The topological polar surface area (TPSA) is 77.0 Å². The van der Waals surface area contributed by atoms with Gasteiger partial charge in [-0.05, 0) is 30.5 Å². The first-order chi connectivity index (χ1) is 13.7. The van der Waals surface area contributed by atoms with E-state index in [9.17, 15) is 4.79 Å². The maximum atomic E-state index is 11.6. The Kier molecular flexibility index (Phi) is 5.39. The lowest BCUT2D eigenvalue weighted by molar-refractivity contribution is -0.122. The molecule has 4 rings (SSSR count). The van der Waals surface area contributed by atoms with Crippen molar-refractivity contribution in [2.24, 2.45) is 0 Å². The average molecular weight is 374 g/mol. The molecule has 1 saturated heterocycles. The summed E-state index contributed by atoms with van der Waals surface area (Å²) in [6.45, 7) is 1.55. The van der Waals surface area contributed by atoms with Crippen LogP contribution in [0.1, 0.15) is 43.1 Å². The number of ether oxygens (including phenoxy) is 1. The highest BCUT2D eigenvalue weighted by molar-refractivity contribution is 5.73. The maximum Gasteiger partial charge on any atom is 0.217 e. The van der Waals surface area contributed by atoms with Crippen LogP contribution in [0.4, 0.5) is 0 Å². The molecule has 1 aromatic carbocycles. The molecule has 1 N–H and O–H groups in total. The molecule has 1 aliphatic rings. The van der Waals surface area contributed by atoms with Crippen molar-refractivity contribution in [3.8, 4) is 11.5 Å². The number of amides is 1. The van der Waals surface area contributed by atoms with E-state index in [2.05, 4.69) is 32.4 Å². The molecule has 1 amide bonds. The molecule has 0 unspecified atom stereocenters. The number of aromatic nitrogens is 3. The van der Waals surface area contributed by atoms with Crippen molar-refractivity contribution in [2.75, 3.05) is 0 Å². The lowest BCUT2D eigenvalue weighted by atomic mass is 9.92. The minimum Gasteiger partial charge on any atom is -0.365 e. The summed E-state index contributed by atoms with van der Waals surface area (Å²) in [5.74, 6) is 0.553. The van der Waals surface area contributed by atoms with Gasteiger partial charge in [-0.15, -0.1) is 0 Å². The van der Waals surface area contributed by atoms with Crippen LogP contribution in [-0.2, 0) is 9.53 Å². The van der Waals surface area contributed by atoms with Gasteiger partial charge >= 0.3 is 0 Å². The van der Waals surface area contributed by atoms with E-state index in [4.69, 9.17) is 4.74 Å². The van der Waals surface area contributed by atoms with Gasteiger partial charge in [-0.2, -0.15) is 0 Å². The highest BCUT2D eigenvalue weighted by Gasteiger charge is 2.32. The van der Waals surface area contributed by atoms with Crippen LogP contribution in [0, 0.1) is 0 Å². The van der Waals surface area contributed by atoms with Crippen LogP contribution in [0.5, 0.6) is 0 Å². The van der Waals surface area contributed by atoms with Gasteiger partial charge in [0, 0.05) is 37.1 Å². The summed E-state index contributed by atoms with van der Waals surface area (Å²) in [4.78, 5) is 24.8. The van der Waals surface area contributed by atoms with Gasteiger partial charge < -0.3 is 10.1 Å². The third-order valence-electron chi connectivity index (χ3n) is 4.84. The lowest BCUT2D eigenvalue weighted by Gasteiger charge is -2.36. The van der Waals surface area contributed by atoms with Crippen molar-refractivity contribution in [1.82, 2.24) is 20.3 Å². The number of benzene rings is 1. The monoisotopic (exact) mass is 374 g/mol. The molecule has 0 aliphatic carbocycles. The number of hydrogen-bond donors (Lipinski definition) is 1. The molecule has 0 spiro atoms. The number of nitrogens with one attached hydrogen (secondary N) is 1. The lowest BCUT2D eigenvalue weighted by Crippen LogP contribution is -2.39. The number of carbonyl (C=O) groups is 1. The molecule has 28 heavy (non-hydrogen) atoms. The zero-order valence-corrected chi connectivity index (χ0v) is 15.7. The Labute approximate surface area is 164 Å². The normalized spacial score (nSPS) is 21.8. The molecule has 2 aromatic heterocycles. The minimum atomic E-state index is -0.186. The van der Waals surface area contributed by atoms with Gasteiger partial charge in [-0.3, -0.25) is 9.78 Å². The van der Waals surface area contributed by atoms with Crippen LogP contribution in [0.2, 0.25) is 0 Å². The van der Waals surface area contributed by atoms with Crippen LogP contribution >= 0.6 is 0 Å². The smallest absolute Gasteiger partial charge is 0.217 e. The summed E-state index contributed by atoms with van der Waals surface area (Å²) < 4.78 is 6.37. The largest absolute Gasteiger partial charge is 0.365 e. The van der Waals surface area contributed by atoms with E-state index < -0.39 is 0 Å². The van der Waals surface area contributed by atoms with Crippen molar-refractivity contribution < 1.29 is 9.53 Å². The minimum absolute atomic E-state index is 0.0285. The molecule has 0 saturated carbocycles. The summed E-state index contributed by atoms with van der Waals surface area (Å²) in [6, 6.07) is 15.8. The number of nitrogens with zero attached hydrogens (tertiary/aromatic N) is 3. The Morgan fingerprint density at radius 3 is 2.25 bits per heavy atom. The Balaban J connectivity index is 1.57. The molecule has 0 bridgehead atoms. The second-order valence-electron chi connectivity index (χ2n) is 6.95. The summed E-state index contributed by atoms with van der Waals surface area (Å²) in [5.41, 5.74) is 2.74. The Hall–Kier alpha value is -3.12. The maximum absolute atomic E-state index is 11.6. The first-order valence-electron chi connectivity index (χ1n) is 9.40. The quantitative estimate of drug-likeness (QED) is 0.754. The Morgan fingerprint density at radius 2 is 1.61 bits per heavy atom. The first kappa shape index (κ1) is 18.3. The third kappa shape index (κ3) is 4.23. The molecule has 1 fully saturated rings. The fourth-order valence-corrected chi connectivity index (χ4v) is 3.56. The molecule has 3 heterocycles. The molecule has 1 aliphatic heterocycles. The average Bonchev–Trinajstić information content (AvgIpc) is 2.74. The van der Waals surface area contributed by atoms with Crippen LogP contribution in [0.3, 0.4) is 0 Å². The van der Waals surface area contributed by atoms with Crippen molar-refractivity contribution >= 4 is 5.91 Å². The fourth-order valence-electron chi connectivity index (χ4n) is 3.56. The van der Waals surface area contributed by atoms with Crippen LogP contribution in [0.15, 0.2) is 67.1 Å². The summed E-state index contributed by atoms with van der Waals surface area (Å²) in [6.07, 6.45) is 6.46. The van der Waals surface area contributed by atoms with Crippen LogP contribution in [0.25, 0.3) is 11.5 Å². The molecule has 6 heteroatoms. The van der Waals surface area contributed by atoms with E-state index in [1.54, 1.807) is 25.5 Å². The zero-order valence-electron chi connectivity index (χ0n) is 15.7. The summed E-state index contributed by atoms with van der Waals surface area (Å²) in [7, 11) is 0. The molecule has 3 aromatic rings. The van der Waals surface area contributed by atoms with Gasteiger partial charge in [-0.1, -0.05) is 36.4 Å². The molecule has 3 atom stereocenters. The van der Waals surface area contributed by atoms with Gasteiger partial charge in [0.1, 0.15) is 5.69 Å². The van der Waals surface area contributed by atoms with Crippen molar-refractivity contribution in [1.29, 1.82) is 0 Å². The highest BCUT2D eigenvalue weighted by Crippen LogP contribution is 2.38. The summed E-state index contributed by atoms with van der Waals surface area (Å²) in [5, 5.41) is 3.05. The standard InChI is InChI=1S/C22H22N4O2/c1-15(27)26-18-11-20(16-7-3-2-4-8-16)28-21(12-18)17-13-24-22(25-14-17)19-9-5-6-10-23-19/h2-10,13-14,18,20-21H,11-12H2,1H3,(H,26,27)/t18-,20-,21+/m1/s1. The van der Waals surface area contributed by atoms with E-state index in [1.165, 1.54) is 0 Å².